The van der Waals surface area contributed by atoms with Gasteiger partial charge in [-0.15, -0.1) is 0 Å². The van der Waals surface area contributed by atoms with Gasteiger partial charge in [0.15, 0.2) is 0 Å². The molecule has 4 fully saturated rings. The van der Waals surface area contributed by atoms with E-state index in [2.05, 4.69) is 32.4 Å². The number of imidazole rings is 2. The number of nitrogens with one attached hydrogen (secondary N) is 4. The van der Waals surface area contributed by atoms with Crippen molar-refractivity contribution in [1.29, 1.82) is 0 Å². The molecular weight excluding hydrogens is 584 g/mol. The van der Waals surface area contributed by atoms with Crippen molar-refractivity contribution < 1.29 is 19.2 Å². The standard InChI is InChI=1S/C34H34N8O4/c43-29-13-11-23(35-29)33(45)41-15-1-3-27(41)31-37-21-9-7-19(17-25(21)39-31)5-6-20-8-10-22-26(18-20)40-32(38-22)28-4-2-16-42(28)34(46)24-12-14-30(44)36-24/h7-10,17-18,23-24,27-28H,1-4,11-16H2,(H,35,43)(H,36,44)(H,37,39)(H,38,40)/t23-,24?,27-,28-/m0/s1. The van der Waals surface area contributed by atoms with Crippen molar-refractivity contribution in [3.8, 4) is 11.8 Å². The summed E-state index contributed by atoms with van der Waals surface area (Å²) in [6.07, 6.45) is 5.30. The summed E-state index contributed by atoms with van der Waals surface area (Å²) in [6.45, 7) is 1.31. The van der Waals surface area contributed by atoms with Gasteiger partial charge in [0.2, 0.25) is 23.6 Å². The van der Waals surface area contributed by atoms with Gasteiger partial charge in [0.25, 0.3) is 0 Å². The molecule has 234 valence electrons. The number of amides is 4. The lowest BCUT2D eigenvalue weighted by Gasteiger charge is -2.26. The van der Waals surface area contributed by atoms with Gasteiger partial charge in [0.1, 0.15) is 23.7 Å². The normalized spacial score (nSPS) is 24.4. The molecule has 0 spiro atoms. The van der Waals surface area contributed by atoms with Crippen LogP contribution in [0.25, 0.3) is 22.1 Å². The molecule has 2 aromatic heterocycles. The lowest BCUT2D eigenvalue weighted by molar-refractivity contribution is -0.135. The van der Waals surface area contributed by atoms with Crippen LogP contribution < -0.4 is 10.6 Å². The topological polar surface area (TPSA) is 156 Å². The number of fused-ring (bicyclic) bond motifs is 2. The number of aromatic amines is 2. The Kier molecular flexibility index (Phi) is 6.96. The fourth-order valence-corrected chi connectivity index (χ4v) is 7.30. The Morgan fingerprint density at radius 1 is 0.674 bits per heavy atom. The first-order valence-corrected chi connectivity index (χ1v) is 16.1. The van der Waals surface area contributed by atoms with Crippen molar-refractivity contribution >= 4 is 45.7 Å². The lowest BCUT2D eigenvalue weighted by atomic mass is 10.1. The van der Waals surface area contributed by atoms with Crippen LogP contribution in [0, 0.1) is 11.8 Å². The highest BCUT2D eigenvalue weighted by molar-refractivity contribution is 5.92. The van der Waals surface area contributed by atoms with Crippen LogP contribution in [0.1, 0.15) is 86.2 Å². The second kappa shape index (κ2) is 11.3. The van der Waals surface area contributed by atoms with Gasteiger partial charge >= 0.3 is 0 Å². The number of carbonyl (C=O) groups excluding carboxylic acids is 4. The number of rotatable bonds is 4. The molecule has 0 bridgehead atoms. The van der Waals surface area contributed by atoms with E-state index in [1.807, 2.05) is 46.2 Å². The van der Waals surface area contributed by atoms with Crippen molar-refractivity contribution in [2.45, 2.75) is 75.5 Å². The van der Waals surface area contributed by atoms with Crippen LogP contribution in [-0.4, -0.2) is 78.5 Å². The van der Waals surface area contributed by atoms with E-state index in [1.54, 1.807) is 0 Å². The summed E-state index contributed by atoms with van der Waals surface area (Å²) in [4.78, 5) is 69.8. The van der Waals surface area contributed by atoms with Crippen LogP contribution in [-0.2, 0) is 19.2 Å². The van der Waals surface area contributed by atoms with Gasteiger partial charge in [0.05, 0.1) is 34.2 Å². The highest BCUT2D eigenvalue weighted by Gasteiger charge is 2.39. The van der Waals surface area contributed by atoms with Crippen LogP contribution in [0.15, 0.2) is 36.4 Å². The zero-order valence-electron chi connectivity index (χ0n) is 25.3. The average Bonchev–Trinajstić information content (AvgIpc) is 3.90. The first kappa shape index (κ1) is 28.3. The van der Waals surface area contributed by atoms with Gasteiger partial charge in [0, 0.05) is 37.1 Å². The predicted octanol–water partition coefficient (Wildman–Crippen LogP) is 2.72. The SMILES string of the molecule is O=C1CCC(C(=O)N2CCC[C@H]2c2nc3cc(C#Cc4ccc5nc([C@@H]6CCCN6C(=O)[C@@H]6CCC(=O)N6)[nH]c5c4)ccc3[nH]2)N1. The maximum atomic E-state index is 13.1. The minimum Gasteiger partial charge on any atom is -0.344 e. The van der Waals surface area contributed by atoms with E-state index in [0.717, 1.165) is 70.5 Å². The van der Waals surface area contributed by atoms with Gasteiger partial charge in [-0.3, -0.25) is 19.2 Å². The average molecular weight is 619 g/mol. The molecule has 0 saturated carbocycles. The molecule has 12 nitrogen and oxygen atoms in total. The van der Waals surface area contributed by atoms with E-state index < -0.39 is 12.1 Å². The molecule has 4 atom stereocenters. The Hall–Kier alpha value is -5.18. The number of likely N-dealkylation sites (tertiary alicyclic amines) is 2. The molecular formula is C34H34N8O4. The Balaban J connectivity index is 0.985. The molecule has 6 heterocycles. The Bertz CT molecular complexity index is 1830. The number of hydrogen-bond acceptors (Lipinski definition) is 6. The van der Waals surface area contributed by atoms with Crippen LogP contribution in [0.5, 0.6) is 0 Å². The Morgan fingerprint density at radius 2 is 1.22 bits per heavy atom. The minimum absolute atomic E-state index is 0.0326. The number of benzene rings is 2. The molecule has 4 aromatic rings. The molecule has 4 aliphatic heterocycles. The monoisotopic (exact) mass is 618 g/mol. The summed E-state index contributed by atoms with van der Waals surface area (Å²) < 4.78 is 0. The highest BCUT2D eigenvalue weighted by Crippen LogP contribution is 2.34. The summed E-state index contributed by atoms with van der Waals surface area (Å²) >= 11 is 0. The first-order valence-electron chi connectivity index (χ1n) is 16.1. The summed E-state index contributed by atoms with van der Waals surface area (Å²) in [5.74, 6) is 7.82. The minimum atomic E-state index is -0.444. The molecule has 4 aliphatic rings. The molecule has 4 N–H and O–H groups in total. The van der Waals surface area contributed by atoms with Crippen molar-refractivity contribution in [1.82, 2.24) is 40.4 Å². The fourth-order valence-electron chi connectivity index (χ4n) is 7.30. The van der Waals surface area contributed by atoms with Crippen LogP contribution >= 0.6 is 0 Å². The Morgan fingerprint density at radius 3 is 1.80 bits per heavy atom. The van der Waals surface area contributed by atoms with Gasteiger partial charge in [-0.05, 0) is 74.9 Å². The molecule has 4 amide bonds. The van der Waals surface area contributed by atoms with Gasteiger partial charge in [-0.2, -0.15) is 0 Å². The van der Waals surface area contributed by atoms with Crippen molar-refractivity contribution in [2.24, 2.45) is 0 Å². The summed E-state index contributed by atoms with van der Waals surface area (Å²) in [5.41, 5.74) is 5.00. The second-order valence-corrected chi connectivity index (χ2v) is 12.7. The summed E-state index contributed by atoms with van der Waals surface area (Å²) in [6, 6.07) is 10.5. The third-order valence-electron chi connectivity index (χ3n) is 9.64. The van der Waals surface area contributed by atoms with Crippen molar-refractivity contribution in [2.75, 3.05) is 13.1 Å². The first-order chi connectivity index (χ1) is 22.4. The quantitative estimate of drug-likeness (QED) is 0.258. The fraction of sp³-hybridized carbons (Fsp3) is 0.412. The molecule has 1 unspecified atom stereocenters. The molecule has 0 radical (unpaired) electrons. The van der Waals surface area contributed by atoms with Crippen LogP contribution in [0.4, 0.5) is 0 Å². The predicted molar refractivity (Wildman–Crippen MR) is 168 cm³/mol. The summed E-state index contributed by atoms with van der Waals surface area (Å²) in [7, 11) is 0. The Labute approximate surface area is 264 Å². The molecule has 8 rings (SSSR count). The molecule has 4 saturated heterocycles. The smallest absolute Gasteiger partial charge is 0.245 e. The van der Waals surface area contributed by atoms with Gasteiger partial charge in [-0.1, -0.05) is 11.8 Å². The summed E-state index contributed by atoms with van der Waals surface area (Å²) in [5, 5.41) is 5.59. The van der Waals surface area contributed by atoms with Gasteiger partial charge < -0.3 is 30.4 Å². The van der Waals surface area contributed by atoms with E-state index in [-0.39, 0.29) is 35.7 Å². The number of aromatic nitrogens is 4. The van der Waals surface area contributed by atoms with Crippen molar-refractivity contribution in [3.63, 3.8) is 0 Å². The maximum Gasteiger partial charge on any atom is 0.245 e. The third-order valence-corrected chi connectivity index (χ3v) is 9.64. The molecule has 46 heavy (non-hydrogen) atoms. The lowest BCUT2D eigenvalue weighted by Crippen LogP contribution is -2.44. The molecule has 0 aliphatic carbocycles. The number of carbonyl (C=O) groups is 4. The van der Waals surface area contributed by atoms with E-state index >= 15 is 0 Å². The second-order valence-electron chi connectivity index (χ2n) is 12.7. The third kappa shape index (κ3) is 5.15. The van der Waals surface area contributed by atoms with E-state index in [0.29, 0.717) is 38.8 Å². The molecule has 12 heteroatoms. The number of nitrogens with zero attached hydrogens (tertiary/aromatic N) is 4. The zero-order valence-corrected chi connectivity index (χ0v) is 25.3. The largest absolute Gasteiger partial charge is 0.344 e. The van der Waals surface area contributed by atoms with Crippen LogP contribution in [0.3, 0.4) is 0 Å². The number of hydrogen-bond donors (Lipinski definition) is 4. The van der Waals surface area contributed by atoms with Gasteiger partial charge in [-0.25, -0.2) is 9.97 Å². The highest BCUT2D eigenvalue weighted by atomic mass is 16.2. The zero-order chi connectivity index (χ0) is 31.4. The van der Waals surface area contributed by atoms with Crippen LogP contribution in [0.2, 0.25) is 0 Å². The maximum absolute atomic E-state index is 13.1. The van der Waals surface area contributed by atoms with E-state index in [4.69, 9.17) is 9.97 Å². The van der Waals surface area contributed by atoms with Crippen molar-refractivity contribution in [3.05, 3.63) is 59.2 Å². The van der Waals surface area contributed by atoms with E-state index in [9.17, 15) is 19.2 Å². The number of H-pyrrole nitrogens is 2. The molecule has 2 aromatic carbocycles. The van der Waals surface area contributed by atoms with E-state index in [1.165, 1.54) is 0 Å².